The molecule has 178 valence electrons. The third-order valence-electron chi connectivity index (χ3n) is 4.74. The molecule has 0 atom stereocenters. The molecule has 1 heterocycles. The number of carbonyl (C=O) groups excluding carboxylic acids is 2. The number of nitrogens with one attached hydrogen (secondary N) is 2. The van der Waals surface area contributed by atoms with Gasteiger partial charge in [-0.15, -0.1) is 11.3 Å². The maximum absolute atomic E-state index is 12.8. The van der Waals surface area contributed by atoms with Gasteiger partial charge in [0, 0.05) is 21.9 Å². The molecule has 0 bridgehead atoms. The van der Waals surface area contributed by atoms with Crippen molar-refractivity contribution in [2.24, 2.45) is 0 Å². The number of aryl methyl sites for hydroxylation is 1. The van der Waals surface area contributed by atoms with Crippen LogP contribution in [0.2, 0.25) is 5.02 Å². The van der Waals surface area contributed by atoms with Gasteiger partial charge in [-0.1, -0.05) is 41.9 Å². The van der Waals surface area contributed by atoms with Crippen molar-refractivity contribution in [2.45, 2.75) is 26.7 Å². The molecule has 3 aromatic rings. The number of benzene rings is 2. The van der Waals surface area contributed by atoms with E-state index in [4.69, 9.17) is 33.3 Å². The van der Waals surface area contributed by atoms with E-state index < -0.39 is 5.97 Å². The molecule has 0 aliphatic heterocycles. The molecule has 0 radical (unpaired) electrons. The summed E-state index contributed by atoms with van der Waals surface area (Å²) in [5.41, 5.74) is 2.10. The molecule has 0 aliphatic carbocycles. The Kier molecular flexibility index (Phi) is 9.44. The van der Waals surface area contributed by atoms with E-state index in [1.165, 1.54) is 11.3 Å². The number of ether oxygens (including phenoxy) is 2. The van der Waals surface area contributed by atoms with Crippen LogP contribution in [0, 0.1) is 6.92 Å². The summed E-state index contributed by atoms with van der Waals surface area (Å²) < 4.78 is 10.9. The van der Waals surface area contributed by atoms with Crippen LogP contribution >= 0.6 is 35.2 Å². The van der Waals surface area contributed by atoms with Crippen LogP contribution in [0.15, 0.2) is 54.6 Å². The molecule has 6 nitrogen and oxygen atoms in total. The lowest BCUT2D eigenvalue weighted by molar-refractivity contribution is -0.119. The number of anilines is 1. The highest BCUT2D eigenvalue weighted by Gasteiger charge is 2.25. The lowest BCUT2D eigenvalue weighted by Crippen LogP contribution is -2.34. The van der Waals surface area contributed by atoms with Gasteiger partial charge in [0.2, 0.25) is 5.91 Å². The van der Waals surface area contributed by atoms with Crippen molar-refractivity contribution in [3.63, 3.8) is 0 Å². The molecular weight excluding hydrogens is 492 g/mol. The van der Waals surface area contributed by atoms with Crippen LogP contribution in [0.5, 0.6) is 5.75 Å². The molecule has 9 heteroatoms. The minimum atomic E-state index is -0.443. The average Bonchev–Trinajstić information content (AvgIpc) is 3.14. The second-order valence-corrected chi connectivity index (χ2v) is 9.30. The van der Waals surface area contributed by atoms with Crippen LogP contribution < -0.4 is 15.4 Å². The molecule has 1 amide bonds. The Bertz CT molecular complexity index is 1150. The first kappa shape index (κ1) is 25.7. The van der Waals surface area contributed by atoms with E-state index in [1.54, 1.807) is 31.2 Å². The summed E-state index contributed by atoms with van der Waals surface area (Å²) >= 11 is 12.6. The summed E-state index contributed by atoms with van der Waals surface area (Å²) in [5, 5.41) is 6.96. The summed E-state index contributed by atoms with van der Waals surface area (Å²) in [7, 11) is 0. The van der Waals surface area contributed by atoms with Crippen molar-refractivity contribution in [2.75, 3.05) is 18.5 Å². The van der Waals surface area contributed by atoms with Gasteiger partial charge in [-0.2, -0.15) is 0 Å². The first-order valence-corrected chi connectivity index (χ1v) is 12.3. The number of thiocarbonyl (C=S) groups is 1. The van der Waals surface area contributed by atoms with Gasteiger partial charge in [0.15, 0.2) is 5.11 Å². The molecule has 34 heavy (non-hydrogen) atoms. The molecule has 2 N–H and O–H groups in total. The van der Waals surface area contributed by atoms with Crippen molar-refractivity contribution < 1.29 is 19.1 Å². The van der Waals surface area contributed by atoms with Crippen LogP contribution in [0.1, 0.15) is 35.0 Å². The van der Waals surface area contributed by atoms with Gasteiger partial charge in [0.05, 0.1) is 13.2 Å². The van der Waals surface area contributed by atoms with Crippen LogP contribution in [0.25, 0.3) is 11.1 Å². The number of thiophene rings is 1. The zero-order valence-electron chi connectivity index (χ0n) is 18.9. The van der Waals surface area contributed by atoms with Crippen molar-refractivity contribution in [1.82, 2.24) is 5.32 Å². The van der Waals surface area contributed by atoms with E-state index in [0.717, 1.165) is 16.0 Å². The molecule has 0 unspecified atom stereocenters. The van der Waals surface area contributed by atoms with E-state index in [1.807, 2.05) is 37.3 Å². The highest BCUT2D eigenvalue weighted by molar-refractivity contribution is 7.80. The molecule has 0 fully saturated rings. The van der Waals surface area contributed by atoms with Crippen LogP contribution in [-0.4, -0.2) is 30.2 Å². The molecule has 0 saturated heterocycles. The number of amides is 1. The maximum atomic E-state index is 12.8. The van der Waals surface area contributed by atoms with Crippen LogP contribution in [0.4, 0.5) is 5.00 Å². The summed E-state index contributed by atoms with van der Waals surface area (Å²) in [5.74, 6) is 0.00362. The third-order valence-corrected chi connectivity index (χ3v) is 6.21. The van der Waals surface area contributed by atoms with Crippen LogP contribution in [0.3, 0.4) is 0 Å². The fraction of sp³-hybridized carbons (Fsp3) is 0.240. The van der Waals surface area contributed by atoms with E-state index in [9.17, 15) is 9.59 Å². The number of carbonyl (C=O) groups is 2. The van der Waals surface area contributed by atoms with E-state index >= 15 is 0 Å². The fourth-order valence-corrected chi connectivity index (χ4v) is 4.74. The lowest BCUT2D eigenvalue weighted by Gasteiger charge is -2.11. The number of halogens is 1. The van der Waals surface area contributed by atoms with Crippen molar-refractivity contribution in [1.29, 1.82) is 0 Å². The predicted octanol–water partition coefficient (Wildman–Crippen LogP) is 6.23. The largest absolute Gasteiger partial charge is 0.494 e. The number of hydrogen-bond donors (Lipinski definition) is 2. The average molecular weight is 517 g/mol. The van der Waals surface area contributed by atoms with Crippen molar-refractivity contribution in [3.8, 4) is 16.9 Å². The zero-order chi connectivity index (χ0) is 24.5. The van der Waals surface area contributed by atoms with Crippen LogP contribution in [-0.2, 0) is 9.53 Å². The van der Waals surface area contributed by atoms with Gasteiger partial charge < -0.3 is 20.1 Å². The second-order valence-electron chi connectivity index (χ2n) is 7.23. The number of hydrogen-bond acceptors (Lipinski definition) is 6. The van der Waals surface area contributed by atoms with Gasteiger partial charge in [0.1, 0.15) is 16.3 Å². The summed E-state index contributed by atoms with van der Waals surface area (Å²) in [6.45, 7) is 4.32. The third kappa shape index (κ3) is 7.03. The molecular formula is C25H25ClN2O4S2. The zero-order valence-corrected chi connectivity index (χ0v) is 21.2. The quantitative estimate of drug-likeness (QED) is 0.199. The Labute approximate surface area is 213 Å². The molecule has 0 aliphatic rings. The monoisotopic (exact) mass is 516 g/mol. The smallest absolute Gasteiger partial charge is 0.341 e. The number of rotatable bonds is 9. The van der Waals surface area contributed by atoms with E-state index in [-0.39, 0.29) is 24.0 Å². The van der Waals surface area contributed by atoms with Crippen molar-refractivity contribution in [3.05, 3.63) is 70.1 Å². The minimum Gasteiger partial charge on any atom is -0.494 e. The highest BCUT2D eigenvalue weighted by Crippen LogP contribution is 2.40. The topological polar surface area (TPSA) is 76.7 Å². The first-order valence-electron chi connectivity index (χ1n) is 10.7. The Hall–Kier alpha value is -2.94. The normalized spacial score (nSPS) is 10.4. The lowest BCUT2D eigenvalue weighted by atomic mass is 10.0. The number of esters is 1. The predicted molar refractivity (Wildman–Crippen MR) is 141 cm³/mol. The Balaban J connectivity index is 1.60. The van der Waals surface area contributed by atoms with Gasteiger partial charge in [-0.25, -0.2) is 4.79 Å². The second kappa shape index (κ2) is 12.5. The Morgan fingerprint density at radius 3 is 2.47 bits per heavy atom. The van der Waals surface area contributed by atoms with Crippen molar-refractivity contribution >= 4 is 57.1 Å². The highest BCUT2D eigenvalue weighted by atomic mass is 35.5. The molecule has 2 aromatic carbocycles. The SMILES string of the molecule is CCOC(=O)c1c(NC(=S)NC(=O)CCCOc2ccc(Cl)cc2)sc(C)c1-c1ccccc1. The Morgan fingerprint density at radius 2 is 1.79 bits per heavy atom. The molecule has 1 aromatic heterocycles. The molecule has 0 spiro atoms. The van der Waals surface area contributed by atoms with E-state index in [2.05, 4.69) is 10.6 Å². The summed E-state index contributed by atoms with van der Waals surface area (Å²) in [6, 6.07) is 16.7. The van der Waals surface area contributed by atoms with E-state index in [0.29, 0.717) is 34.4 Å². The summed E-state index contributed by atoms with van der Waals surface area (Å²) in [4.78, 5) is 26.0. The standard InChI is InChI=1S/C25H25ClN2O4S2/c1-3-31-24(30)22-21(17-8-5-4-6-9-17)16(2)34-23(22)28-25(33)27-20(29)10-7-15-32-19-13-11-18(26)12-14-19/h4-6,8-9,11-14H,3,7,10,15H2,1-2H3,(H2,27,28,29,33). The Morgan fingerprint density at radius 1 is 1.09 bits per heavy atom. The first-order chi connectivity index (χ1) is 16.4. The van der Waals surface area contributed by atoms with Gasteiger partial charge >= 0.3 is 5.97 Å². The molecule has 3 rings (SSSR count). The minimum absolute atomic E-state index is 0.120. The van der Waals surface area contributed by atoms with Gasteiger partial charge in [-0.05, 0) is 62.3 Å². The van der Waals surface area contributed by atoms with Gasteiger partial charge in [0.25, 0.3) is 0 Å². The fourth-order valence-electron chi connectivity index (χ4n) is 3.26. The summed E-state index contributed by atoms with van der Waals surface area (Å²) in [6.07, 6.45) is 0.750. The maximum Gasteiger partial charge on any atom is 0.341 e. The molecule has 0 saturated carbocycles. The van der Waals surface area contributed by atoms with Gasteiger partial charge in [-0.3, -0.25) is 4.79 Å².